The van der Waals surface area contributed by atoms with Crippen LogP contribution in [0, 0.1) is 0 Å². The molecule has 0 heterocycles. The Hall–Kier alpha value is -1.51. The molecule has 0 aliphatic heterocycles. The smallest absolute Gasteiger partial charge is 0.237 e. The number of phenolic OH excluding ortho intramolecular Hbond substituents is 1. The highest BCUT2D eigenvalue weighted by Crippen LogP contribution is 2.20. The number of aromatic hydroxyl groups is 1. The summed E-state index contributed by atoms with van der Waals surface area (Å²) in [6, 6.07) is 4.37. The molecule has 11 heavy (non-hydrogen) atoms. The van der Waals surface area contributed by atoms with E-state index in [9.17, 15) is 4.79 Å². The minimum absolute atomic E-state index is 0.0826. The second-order valence-electron chi connectivity index (χ2n) is 1.99. The van der Waals surface area contributed by atoms with Crippen LogP contribution in [-0.2, 0) is 4.79 Å². The van der Waals surface area contributed by atoms with Crippen molar-refractivity contribution in [3.63, 3.8) is 0 Å². The lowest BCUT2D eigenvalue weighted by atomic mass is 10.2. The molecule has 0 amide bonds. The highest BCUT2D eigenvalue weighted by molar-refractivity contribution is 5.80. The van der Waals surface area contributed by atoms with Crippen LogP contribution < -0.4 is 4.74 Å². The summed E-state index contributed by atoms with van der Waals surface area (Å²) in [4.78, 5) is 10.2. The van der Waals surface area contributed by atoms with Gasteiger partial charge in [-0.05, 0) is 18.2 Å². The van der Waals surface area contributed by atoms with Gasteiger partial charge in [0, 0.05) is 0 Å². The Balaban J connectivity index is 3.12. The minimum atomic E-state index is -0.0826. The first-order valence-corrected chi connectivity index (χ1v) is 3.03. The number of carbonyl (C=O) groups excluding carboxylic acids is 1. The van der Waals surface area contributed by atoms with Crippen LogP contribution in [0.5, 0.6) is 11.5 Å². The van der Waals surface area contributed by atoms with Gasteiger partial charge in [0.15, 0.2) is 0 Å². The number of ether oxygens (including phenoxy) is 1. The number of hydrogen-bond donors (Lipinski definition) is 1. The van der Waals surface area contributed by atoms with Crippen molar-refractivity contribution in [3.05, 3.63) is 23.8 Å². The molecule has 0 aromatic heterocycles. The summed E-state index contributed by atoms with van der Waals surface area (Å²) < 4.78 is 4.82. The normalized spacial score (nSPS) is 9.18. The number of hydrogen-bond acceptors (Lipinski definition) is 3. The van der Waals surface area contributed by atoms with Crippen LogP contribution in [0.3, 0.4) is 0 Å². The Morgan fingerprint density at radius 1 is 1.55 bits per heavy atom. The number of methoxy groups -OCH3 is 1. The van der Waals surface area contributed by atoms with E-state index in [1.807, 2.05) is 0 Å². The molecule has 0 atom stereocenters. The predicted molar refractivity (Wildman–Crippen MR) is 39.5 cm³/mol. The first kappa shape index (κ1) is 7.60. The van der Waals surface area contributed by atoms with Crippen LogP contribution in [-0.4, -0.2) is 18.5 Å². The van der Waals surface area contributed by atoms with Gasteiger partial charge in [-0.2, -0.15) is 0 Å². The van der Waals surface area contributed by atoms with Crippen molar-refractivity contribution in [1.29, 1.82) is 0 Å². The summed E-state index contributed by atoms with van der Waals surface area (Å²) >= 11 is 0. The van der Waals surface area contributed by atoms with E-state index in [1.54, 1.807) is 12.4 Å². The molecule has 57 valence electrons. The van der Waals surface area contributed by atoms with Gasteiger partial charge in [0.05, 0.1) is 12.7 Å². The minimum Gasteiger partial charge on any atom is -0.507 e. The molecule has 1 rings (SSSR count). The summed E-state index contributed by atoms with van der Waals surface area (Å²) in [5.74, 6) is 0.446. The topological polar surface area (TPSA) is 46.5 Å². The van der Waals surface area contributed by atoms with Crippen LogP contribution >= 0.6 is 0 Å². The number of rotatable bonds is 2. The van der Waals surface area contributed by atoms with Crippen LogP contribution in [0.25, 0.3) is 0 Å². The molecule has 0 unspecified atom stereocenters. The molecule has 0 bridgehead atoms. The van der Waals surface area contributed by atoms with Gasteiger partial charge in [-0.15, -0.1) is 0 Å². The highest BCUT2D eigenvalue weighted by Gasteiger charge is 2.01. The van der Waals surface area contributed by atoms with Crippen molar-refractivity contribution in [3.8, 4) is 11.5 Å². The first-order chi connectivity index (χ1) is 5.27. The molecule has 1 aromatic rings. The van der Waals surface area contributed by atoms with Crippen LogP contribution in [0.4, 0.5) is 0 Å². The second kappa shape index (κ2) is 3.05. The van der Waals surface area contributed by atoms with Gasteiger partial charge >= 0.3 is 0 Å². The third kappa shape index (κ3) is 1.49. The summed E-state index contributed by atoms with van der Waals surface area (Å²) in [7, 11) is 1.49. The maximum atomic E-state index is 10.2. The van der Waals surface area contributed by atoms with Gasteiger partial charge in [-0.1, -0.05) is 0 Å². The standard InChI is InChI=1S/C8H7O3/c1-11-7-2-3-8(10)6(4-7)5-9/h2-4,10H,1H3. The van der Waals surface area contributed by atoms with E-state index in [4.69, 9.17) is 9.84 Å². The van der Waals surface area contributed by atoms with Gasteiger partial charge in [0.25, 0.3) is 0 Å². The molecule has 0 fully saturated rings. The molecule has 0 aliphatic carbocycles. The summed E-state index contributed by atoms with van der Waals surface area (Å²) in [6.07, 6.45) is 1.59. The maximum absolute atomic E-state index is 10.2. The van der Waals surface area contributed by atoms with Crippen molar-refractivity contribution in [2.24, 2.45) is 0 Å². The molecule has 0 aliphatic rings. The molecular formula is C8H7O3. The van der Waals surface area contributed by atoms with Crippen LogP contribution in [0.2, 0.25) is 0 Å². The van der Waals surface area contributed by atoms with E-state index in [0.717, 1.165) is 0 Å². The van der Waals surface area contributed by atoms with Crippen molar-refractivity contribution >= 4 is 6.29 Å². The van der Waals surface area contributed by atoms with E-state index < -0.39 is 0 Å². The number of benzene rings is 1. The van der Waals surface area contributed by atoms with E-state index in [1.165, 1.54) is 19.2 Å². The Bertz CT molecular complexity index is 268. The highest BCUT2D eigenvalue weighted by atomic mass is 16.5. The van der Waals surface area contributed by atoms with Gasteiger partial charge in [0.1, 0.15) is 11.5 Å². The average Bonchev–Trinajstić information content (AvgIpc) is 2.05. The molecular weight excluding hydrogens is 144 g/mol. The van der Waals surface area contributed by atoms with Gasteiger partial charge in [-0.25, -0.2) is 0 Å². The average molecular weight is 151 g/mol. The van der Waals surface area contributed by atoms with E-state index in [-0.39, 0.29) is 11.3 Å². The van der Waals surface area contributed by atoms with E-state index in [0.29, 0.717) is 5.75 Å². The lowest BCUT2D eigenvalue weighted by Crippen LogP contribution is -1.86. The van der Waals surface area contributed by atoms with Gasteiger partial charge in [-0.3, -0.25) is 4.79 Å². The molecule has 3 nitrogen and oxygen atoms in total. The third-order valence-electron chi connectivity index (χ3n) is 1.31. The molecule has 0 saturated heterocycles. The van der Waals surface area contributed by atoms with Crippen LogP contribution in [0.1, 0.15) is 5.56 Å². The predicted octanol–water partition coefficient (Wildman–Crippen LogP) is 0.859. The van der Waals surface area contributed by atoms with Crippen molar-refractivity contribution < 1.29 is 14.6 Å². The third-order valence-corrected chi connectivity index (χ3v) is 1.31. The fourth-order valence-electron chi connectivity index (χ4n) is 0.724. The summed E-state index contributed by atoms with van der Waals surface area (Å²) in [5.41, 5.74) is 0.115. The molecule has 0 spiro atoms. The Morgan fingerprint density at radius 3 is 2.82 bits per heavy atom. The summed E-state index contributed by atoms with van der Waals surface area (Å²) in [6.45, 7) is 0. The molecule has 1 N–H and O–H groups in total. The first-order valence-electron chi connectivity index (χ1n) is 3.03. The SMILES string of the molecule is COc1ccc(O)c([C]=O)c1. The Labute approximate surface area is 64.2 Å². The van der Waals surface area contributed by atoms with E-state index >= 15 is 0 Å². The molecule has 1 aromatic carbocycles. The Morgan fingerprint density at radius 2 is 2.27 bits per heavy atom. The van der Waals surface area contributed by atoms with Gasteiger partial charge in [0.2, 0.25) is 6.29 Å². The zero-order chi connectivity index (χ0) is 8.27. The summed E-state index contributed by atoms with van der Waals surface area (Å²) in [5, 5.41) is 9.01. The van der Waals surface area contributed by atoms with Crippen molar-refractivity contribution in [2.45, 2.75) is 0 Å². The largest absolute Gasteiger partial charge is 0.507 e. The fraction of sp³-hybridized carbons (Fsp3) is 0.125. The van der Waals surface area contributed by atoms with Gasteiger partial charge < -0.3 is 9.84 Å². The monoisotopic (exact) mass is 151 g/mol. The zero-order valence-corrected chi connectivity index (χ0v) is 6.00. The molecule has 1 radical (unpaired) electrons. The lowest BCUT2D eigenvalue weighted by molar-refractivity contribution is 0.411. The second-order valence-corrected chi connectivity index (χ2v) is 1.99. The maximum Gasteiger partial charge on any atom is 0.237 e. The fourth-order valence-corrected chi connectivity index (χ4v) is 0.724. The van der Waals surface area contributed by atoms with Crippen LogP contribution in [0.15, 0.2) is 18.2 Å². The van der Waals surface area contributed by atoms with Crippen molar-refractivity contribution in [1.82, 2.24) is 0 Å². The van der Waals surface area contributed by atoms with Crippen molar-refractivity contribution in [2.75, 3.05) is 7.11 Å². The number of phenols is 1. The quantitative estimate of drug-likeness (QED) is 0.681. The molecule has 0 saturated carbocycles. The Kier molecular flexibility index (Phi) is 2.11. The lowest BCUT2D eigenvalue weighted by Gasteiger charge is -2.00. The zero-order valence-electron chi connectivity index (χ0n) is 6.00. The van der Waals surface area contributed by atoms with E-state index in [2.05, 4.69) is 0 Å². The molecule has 3 heteroatoms.